The predicted molar refractivity (Wildman–Crippen MR) is 304 cm³/mol. The standard InChI is InChI=1S/C60H6.C13H22O6/c1-3-5-7-9-11-13-15-17-19-21-23-25-27-29-31-33-35-37-39-41-43-45-47-49-51-53-55-57-59-60-58-56-54-52-50-48-46-44-42-40-38-36-34-32-30-28-26-24-22-20-18-16-14-12-10-8-6-4-2;1-9(2)12(17)19-8-13(3,4)7-18-11(16)6-5-10(14)15/h1-2H3;9H,5-8H2,1-4H3,(H,14,15). The number of carboxylic acid groups (broad SMARTS) is 1. The second-order valence-corrected chi connectivity index (χ2v) is 13.0. The Kier molecular flexibility index (Phi) is 46.1. The van der Waals surface area contributed by atoms with Gasteiger partial charge < -0.3 is 14.6 Å². The summed E-state index contributed by atoms with van der Waals surface area (Å²) in [7, 11) is 0. The van der Waals surface area contributed by atoms with Crippen LogP contribution in [0.1, 0.15) is 54.4 Å². The Labute approximate surface area is 467 Å². The summed E-state index contributed by atoms with van der Waals surface area (Å²) in [6.07, 6.45) is -0.404. The highest BCUT2D eigenvalue weighted by Crippen LogP contribution is 2.17. The van der Waals surface area contributed by atoms with Gasteiger partial charge in [0, 0.05) is 242 Å². The zero-order chi connectivity index (χ0) is 58.1. The zero-order valence-electron chi connectivity index (χ0n) is 42.9. The number of ether oxygens (including phenoxy) is 2. The molecular weight excluding hydrogens is 973 g/mol. The van der Waals surface area contributed by atoms with E-state index in [0.717, 1.165) is 0 Å². The number of esters is 2. The van der Waals surface area contributed by atoms with Crippen LogP contribution in [0.5, 0.6) is 0 Å². The molecule has 79 heavy (non-hydrogen) atoms. The van der Waals surface area contributed by atoms with Crippen LogP contribution in [-0.2, 0) is 23.9 Å². The normalized spacial score (nSPS) is 5.71. The lowest BCUT2D eigenvalue weighted by Crippen LogP contribution is -2.29. The van der Waals surface area contributed by atoms with Gasteiger partial charge in [-0.25, -0.2) is 0 Å². The van der Waals surface area contributed by atoms with Crippen molar-refractivity contribution in [3.8, 4) is 343 Å². The monoisotopic (exact) mass is 1000 g/mol. The minimum absolute atomic E-state index is 0.0802. The molecule has 0 unspecified atom stereocenters. The topological polar surface area (TPSA) is 89.9 Å². The van der Waals surface area contributed by atoms with E-state index in [2.05, 4.69) is 343 Å². The van der Waals surface area contributed by atoms with Crippen molar-refractivity contribution in [1.29, 1.82) is 0 Å². The molecule has 0 aliphatic heterocycles. The molecule has 0 aliphatic carbocycles. The molecule has 0 atom stereocenters. The van der Waals surface area contributed by atoms with E-state index in [1.165, 1.54) is 0 Å². The Morgan fingerprint density at radius 3 is 0.620 bits per heavy atom. The summed E-state index contributed by atoms with van der Waals surface area (Å²) in [6, 6.07) is 0. The molecule has 6 nitrogen and oxygen atoms in total. The maximum Gasteiger partial charge on any atom is 0.308 e. The first-order chi connectivity index (χ1) is 38.6. The minimum atomic E-state index is -1.04. The van der Waals surface area contributed by atoms with E-state index in [9.17, 15) is 14.4 Å². The van der Waals surface area contributed by atoms with Crippen LogP contribution in [0.2, 0.25) is 0 Å². The van der Waals surface area contributed by atoms with Crippen molar-refractivity contribution < 1.29 is 29.0 Å². The number of aliphatic carboxylic acids is 1. The smallest absolute Gasteiger partial charge is 0.308 e. The fourth-order valence-corrected chi connectivity index (χ4v) is 2.84. The van der Waals surface area contributed by atoms with E-state index >= 15 is 0 Å². The van der Waals surface area contributed by atoms with Gasteiger partial charge in [-0.05, 0) is 109 Å². The van der Waals surface area contributed by atoms with Gasteiger partial charge in [0.1, 0.15) is 0 Å². The van der Waals surface area contributed by atoms with Crippen molar-refractivity contribution in [2.24, 2.45) is 11.3 Å². The number of hydrogen-bond acceptors (Lipinski definition) is 5. The van der Waals surface area contributed by atoms with Crippen molar-refractivity contribution in [3.63, 3.8) is 0 Å². The molecule has 0 aliphatic rings. The summed E-state index contributed by atoms with van der Waals surface area (Å²) in [6.45, 7) is 10.7. The maximum absolute atomic E-state index is 11.3. The lowest BCUT2D eigenvalue weighted by Gasteiger charge is -2.24. The first-order valence-electron chi connectivity index (χ1n) is 21.4. The highest BCUT2D eigenvalue weighted by molar-refractivity contribution is 5.76. The Morgan fingerprint density at radius 2 is 0.468 bits per heavy atom. The molecule has 0 radical (unpaired) electrons. The summed E-state index contributed by atoms with van der Waals surface area (Å²) in [5, 5.41) is 8.42. The Bertz CT molecular complexity index is 4160. The molecule has 0 aromatic heterocycles. The molecule has 1 N–H and O–H groups in total. The molecule has 6 heteroatoms. The molecule has 0 spiro atoms. The van der Waals surface area contributed by atoms with Crippen LogP contribution in [0.25, 0.3) is 0 Å². The van der Waals surface area contributed by atoms with Crippen molar-refractivity contribution >= 4 is 17.9 Å². The third-order valence-electron chi connectivity index (χ3n) is 5.93. The Hall–Kier alpha value is -14.4. The van der Waals surface area contributed by atoms with Gasteiger partial charge in [0.15, 0.2) is 0 Å². The average molecular weight is 1000 g/mol. The molecule has 0 fully saturated rings. The third-order valence-corrected chi connectivity index (χ3v) is 5.93. The van der Waals surface area contributed by atoms with Crippen molar-refractivity contribution in [3.05, 3.63) is 0 Å². The second-order valence-electron chi connectivity index (χ2n) is 13.0. The molecule has 0 rings (SSSR count). The van der Waals surface area contributed by atoms with E-state index in [0.29, 0.717) is 0 Å². The van der Waals surface area contributed by atoms with Gasteiger partial charge in [0.05, 0.1) is 32.0 Å². The van der Waals surface area contributed by atoms with Crippen LogP contribution in [0, 0.1) is 355 Å². The summed E-state index contributed by atoms with van der Waals surface area (Å²) < 4.78 is 10.0. The SMILES string of the molecule is CC#CC#CC#CC#CC#CC#CC#CC#CC#CC#CC#CC#CC#CC#CC#CC#CC#CC#CC#CC#CC#CC#CC#CC#CC#CC#CC#CC#CC#CC.CC(C)C(=O)OCC(C)(C)COC(=O)CCC(=O)O. The first-order valence-corrected chi connectivity index (χ1v) is 21.4. The van der Waals surface area contributed by atoms with Crippen molar-refractivity contribution in [2.45, 2.75) is 54.4 Å². The lowest BCUT2D eigenvalue weighted by atomic mass is 9.96. The van der Waals surface area contributed by atoms with Crippen LogP contribution >= 0.6 is 0 Å². The fourth-order valence-electron chi connectivity index (χ4n) is 2.84. The van der Waals surface area contributed by atoms with Gasteiger partial charge in [-0.1, -0.05) is 39.5 Å². The predicted octanol–water partition coefficient (Wildman–Crippen LogP) is 2.74. The Balaban J connectivity index is 0. The van der Waals surface area contributed by atoms with Crippen LogP contribution in [0.15, 0.2) is 0 Å². The van der Waals surface area contributed by atoms with Gasteiger partial charge in [-0.3, -0.25) is 14.4 Å². The van der Waals surface area contributed by atoms with Gasteiger partial charge in [-0.15, -0.1) is 0 Å². The Morgan fingerprint density at radius 1 is 0.304 bits per heavy atom. The summed E-state index contributed by atoms with van der Waals surface area (Å²) in [5.74, 6) is 144. The van der Waals surface area contributed by atoms with Crippen molar-refractivity contribution in [1.82, 2.24) is 0 Å². The summed E-state index contributed by atoms with van der Waals surface area (Å²) in [5.41, 5.74) is -0.497. The van der Waals surface area contributed by atoms with E-state index in [4.69, 9.17) is 14.6 Å². The largest absolute Gasteiger partial charge is 0.481 e. The fraction of sp³-hybridized carbons (Fsp3) is 0.164. The molecule has 356 valence electrons. The molecule has 0 saturated carbocycles. The third kappa shape index (κ3) is 59.7. The highest BCUT2D eigenvalue weighted by Gasteiger charge is 2.23. The van der Waals surface area contributed by atoms with E-state index < -0.39 is 17.4 Å². The quantitative estimate of drug-likeness (QED) is 0.298. The number of carbonyl (C=O) groups excluding carboxylic acids is 2. The minimum Gasteiger partial charge on any atom is -0.481 e. The molecule has 0 aromatic carbocycles. The molecule has 0 aromatic rings. The van der Waals surface area contributed by atoms with Crippen molar-refractivity contribution in [2.75, 3.05) is 13.2 Å². The van der Waals surface area contributed by atoms with Crippen LogP contribution < -0.4 is 0 Å². The van der Waals surface area contributed by atoms with Gasteiger partial charge in [0.25, 0.3) is 0 Å². The number of hydrogen-bond donors (Lipinski definition) is 1. The van der Waals surface area contributed by atoms with Crippen LogP contribution in [0.3, 0.4) is 0 Å². The second kappa shape index (κ2) is 54.6. The maximum atomic E-state index is 11.3. The molecule has 0 amide bonds. The zero-order valence-corrected chi connectivity index (χ0v) is 42.9. The summed E-state index contributed by atoms with van der Waals surface area (Å²) >= 11 is 0. The first kappa shape index (κ1) is 66.7. The van der Waals surface area contributed by atoms with E-state index in [1.807, 2.05) is 0 Å². The highest BCUT2D eigenvalue weighted by atomic mass is 16.5. The number of carboxylic acids is 1. The summed E-state index contributed by atoms with van der Waals surface area (Å²) in [4.78, 5) is 32.8. The van der Waals surface area contributed by atoms with Gasteiger partial charge in [-0.2, -0.15) is 0 Å². The average Bonchev–Trinajstić information content (AvgIpc) is 3.43. The molecular formula is C73H28O6. The van der Waals surface area contributed by atoms with Gasteiger partial charge >= 0.3 is 17.9 Å². The van der Waals surface area contributed by atoms with Gasteiger partial charge in [0.2, 0.25) is 0 Å². The van der Waals surface area contributed by atoms with E-state index in [-0.39, 0.29) is 37.9 Å². The van der Waals surface area contributed by atoms with Crippen LogP contribution in [-0.4, -0.2) is 36.2 Å². The van der Waals surface area contributed by atoms with E-state index in [1.54, 1.807) is 41.5 Å². The number of carbonyl (C=O) groups is 3. The molecule has 0 bridgehead atoms. The molecule has 0 saturated heterocycles. The molecule has 0 heterocycles. The lowest BCUT2D eigenvalue weighted by molar-refractivity contribution is -0.156. The van der Waals surface area contributed by atoms with Crippen LogP contribution in [0.4, 0.5) is 0 Å². The number of rotatable bonds is 8.